The van der Waals surface area contributed by atoms with Gasteiger partial charge in [0.2, 0.25) is 5.78 Å². The lowest BCUT2D eigenvalue weighted by Crippen LogP contribution is -2.46. The number of Topliss-reactive ketones (excluding diaryl/α,β-unsaturated/α-hetero) is 1. The summed E-state index contributed by atoms with van der Waals surface area (Å²) >= 11 is 5.89. The van der Waals surface area contributed by atoms with Crippen LogP contribution in [0.4, 0.5) is 5.69 Å². The van der Waals surface area contributed by atoms with Crippen LogP contribution in [0.5, 0.6) is 0 Å². The van der Waals surface area contributed by atoms with Gasteiger partial charge in [-0.25, -0.2) is 0 Å². The molecule has 2 N–H and O–H groups in total. The van der Waals surface area contributed by atoms with Crippen LogP contribution in [0.3, 0.4) is 0 Å². The van der Waals surface area contributed by atoms with Gasteiger partial charge in [-0.1, -0.05) is 29.8 Å². The first kappa shape index (κ1) is 17.8. The molecule has 2 aromatic carbocycles. The molecule has 3 rings (SSSR count). The van der Waals surface area contributed by atoms with Gasteiger partial charge in [0.05, 0.1) is 6.26 Å². The normalized spacial score (nSPS) is 11.6. The maximum atomic E-state index is 12.9. The van der Waals surface area contributed by atoms with Crippen molar-refractivity contribution < 1.29 is 14.0 Å². The fourth-order valence-electron chi connectivity index (χ4n) is 2.45. The second-order valence-corrected chi connectivity index (χ2v) is 6.15. The van der Waals surface area contributed by atoms with Crippen molar-refractivity contribution in [3.05, 3.63) is 88.8 Å². The Morgan fingerprint density at radius 3 is 2.38 bits per heavy atom. The van der Waals surface area contributed by atoms with Gasteiger partial charge in [0, 0.05) is 16.3 Å². The first-order valence-electron chi connectivity index (χ1n) is 8.01. The number of hydrogen-bond donors (Lipinski definition) is 2. The number of carbonyl (C=O) groups is 2. The average molecular weight is 369 g/mol. The van der Waals surface area contributed by atoms with Crippen LogP contribution in [-0.4, -0.2) is 17.9 Å². The van der Waals surface area contributed by atoms with Gasteiger partial charge in [-0.15, -0.1) is 0 Å². The highest BCUT2D eigenvalue weighted by atomic mass is 35.5. The van der Waals surface area contributed by atoms with E-state index < -0.39 is 12.1 Å². The average Bonchev–Trinajstić information content (AvgIpc) is 3.18. The molecule has 1 atom stereocenters. The number of furan rings is 1. The van der Waals surface area contributed by atoms with E-state index in [9.17, 15) is 9.59 Å². The minimum atomic E-state index is -0.963. The Bertz CT molecular complexity index is 905. The molecular formula is C20H17ClN2O3. The summed E-state index contributed by atoms with van der Waals surface area (Å²) in [6.07, 6.45) is 0.439. The second kappa shape index (κ2) is 7.89. The lowest BCUT2D eigenvalue weighted by molar-refractivity contribution is 0.0852. The number of nitrogens with one attached hydrogen (secondary N) is 2. The van der Waals surface area contributed by atoms with E-state index in [0.29, 0.717) is 10.6 Å². The Labute approximate surface area is 156 Å². The summed E-state index contributed by atoms with van der Waals surface area (Å²) < 4.78 is 5.10. The minimum absolute atomic E-state index is 0.130. The molecule has 1 aromatic heterocycles. The Morgan fingerprint density at radius 2 is 1.73 bits per heavy atom. The van der Waals surface area contributed by atoms with Crippen LogP contribution in [0, 0.1) is 6.92 Å². The van der Waals surface area contributed by atoms with Crippen molar-refractivity contribution in [2.45, 2.75) is 13.1 Å². The van der Waals surface area contributed by atoms with Gasteiger partial charge < -0.3 is 15.1 Å². The fraction of sp³-hybridized carbons (Fsp3) is 0.100. The molecule has 0 saturated heterocycles. The van der Waals surface area contributed by atoms with Crippen molar-refractivity contribution in [1.29, 1.82) is 0 Å². The van der Waals surface area contributed by atoms with Gasteiger partial charge in [-0.2, -0.15) is 0 Å². The SMILES string of the molecule is Cc1ccccc1NC(NC(=O)c1ccco1)C(=O)c1ccc(Cl)cc1. The summed E-state index contributed by atoms with van der Waals surface area (Å²) in [7, 11) is 0. The highest BCUT2D eigenvalue weighted by molar-refractivity contribution is 6.30. The minimum Gasteiger partial charge on any atom is -0.459 e. The van der Waals surface area contributed by atoms with E-state index in [4.69, 9.17) is 16.0 Å². The van der Waals surface area contributed by atoms with Crippen molar-refractivity contribution >= 4 is 29.0 Å². The third kappa shape index (κ3) is 4.13. The molecule has 26 heavy (non-hydrogen) atoms. The maximum Gasteiger partial charge on any atom is 0.288 e. The van der Waals surface area contributed by atoms with Crippen LogP contribution in [0.2, 0.25) is 5.02 Å². The molecule has 0 saturated carbocycles. The molecular weight excluding hydrogens is 352 g/mol. The first-order chi connectivity index (χ1) is 12.5. The van der Waals surface area contributed by atoms with E-state index in [1.165, 1.54) is 12.3 Å². The topological polar surface area (TPSA) is 71.3 Å². The predicted molar refractivity (Wildman–Crippen MR) is 101 cm³/mol. The number of carbonyl (C=O) groups excluding carboxylic acids is 2. The summed E-state index contributed by atoms with van der Waals surface area (Å²) in [5.41, 5.74) is 2.13. The monoisotopic (exact) mass is 368 g/mol. The number of rotatable bonds is 6. The number of ketones is 1. The number of aryl methyl sites for hydroxylation is 1. The molecule has 0 bridgehead atoms. The zero-order valence-corrected chi connectivity index (χ0v) is 14.8. The Kier molecular flexibility index (Phi) is 5.39. The largest absolute Gasteiger partial charge is 0.459 e. The van der Waals surface area contributed by atoms with E-state index in [1.807, 2.05) is 31.2 Å². The number of amides is 1. The van der Waals surface area contributed by atoms with E-state index in [0.717, 1.165) is 11.3 Å². The molecule has 0 fully saturated rings. The molecule has 1 unspecified atom stereocenters. The van der Waals surface area contributed by atoms with Gasteiger partial charge in [-0.3, -0.25) is 9.59 Å². The molecule has 1 amide bonds. The molecule has 0 aliphatic heterocycles. The smallest absolute Gasteiger partial charge is 0.288 e. The third-order valence-electron chi connectivity index (χ3n) is 3.86. The van der Waals surface area contributed by atoms with Crippen LogP contribution in [0.25, 0.3) is 0 Å². The summed E-state index contributed by atoms with van der Waals surface area (Å²) in [5.74, 6) is -0.640. The number of anilines is 1. The van der Waals surface area contributed by atoms with Crippen LogP contribution in [-0.2, 0) is 0 Å². The lowest BCUT2D eigenvalue weighted by atomic mass is 10.1. The van der Waals surface area contributed by atoms with Crippen LogP contribution in [0.1, 0.15) is 26.5 Å². The summed E-state index contributed by atoms with van der Waals surface area (Å²) in [6, 6.07) is 17.2. The van der Waals surface area contributed by atoms with E-state index in [2.05, 4.69) is 10.6 Å². The van der Waals surface area contributed by atoms with Gasteiger partial charge in [0.1, 0.15) is 0 Å². The van der Waals surface area contributed by atoms with Crippen molar-refractivity contribution in [3.63, 3.8) is 0 Å². The standard InChI is InChI=1S/C20H17ClN2O3/c1-13-5-2-3-6-16(13)22-19(23-20(25)17-7-4-12-26-17)18(24)14-8-10-15(21)11-9-14/h2-12,19,22H,1H3,(H,23,25). The number of para-hydroxylation sites is 1. The molecule has 6 heteroatoms. The molecule has 0 radical (unpaired) electrons. The third-order valence-corrected chi connectivity index (χ3v) is 4.11. The maximum absolute atomic E-state index is 12.9. The number of halogens is 1. The summed E-state index contributed by atoms with van der Waals surface area (Å²) in [6.45, 7) is 1.92. The zero-order chi connectivity index (χ0) is 18.5. The highest BCUT2D eigenvalue weighted by Crippen LogP contribution is 2.17. The molecule has 0 aliphatic carbocycles. The van der Waals surface area contributed by atoms with Crippen molar-refractivity contribution in [1.82, 2.24) is 5.32 Å². The van der Waals surface area contributed by atoms with Crippen molar-refractivity contribution in [2.75, 3.05) is 5.32 Å². The molecule has 132 valence electrons. The first-order valence-corrected chi connectivity index (χ1v) is 8.39. The van der Waals surface area contributed by atoms with Crippen LogP contribution in [0.15, 0.2) is 71.3 Å². The Balaban J connectivity index is 1.87. The summed E-state index contributed by atoms with van der Waals surface area (Å²) in [5, 5.41) is 6.31. The Morgan fingerprint density at radius 1 is 1.00 bits per heavy atom. The van der Waals surface area contributed by atoms with Crippen molar-refractivity contribution in [3.8, 4) is 0 Å². The lowest BCUT2D eigenvalue weighted by Gasteiger charge is -2.21. The molecule has 5 nitrogen and oxygen atoms in total. The molecule has 0 spiro atoms. The van der Waals surface area contributed by atoms with E-state index in [-0.39, 0.29) is 11.5 Å². The number of benzene rings is 2. The van der Waals surface area contributed by atoms with Gasteiger partial charge in [0.25, 0.3) is 5.91 Å². The van der Waals surface area contributed by atoms with Crippen LogP contribution < -0.4 is 10.6 Å². The number of hydrogen-bond acceptors (Lipinski definition) is 4. The molecule has 0 aliphatic rings. The van der Waals surface area contributed by atoms with Gasteiger partial charge >= 0.3 is 0 Å². The molecule has 3 aromatic rings. The van der Waals surface area contributed by atoms with E-state index in [1.54, 1.807) is 30.3 Å². The van der Waals surface area contributed by atoms with Crippen molar-refractivity contribution in [2.24, 2.45) is 0 Å². The fourth-order valence-corrected chi connectivity index (χ4v) is 2.57. The van der Waals surface area contributed by atoms with E-state index >= 15 is 0 Å². The Hall–Kier alpha value is -3.05. The molecule has 1 heterocycles. The highest BCUT2D eigenvalue weighted by Gasteiger charge is 2.24. The van der Waals surface area contributed by atoms with Crippen LogP contribution >= 0.6 is 11.6 Å². The summed E-state index contributed by atoms with van der Waals surface area (Å²) in [4.78, 5) is 25.3. The second-order valence-electron chi connectivity index (χ2n) is 5.71. The predicted octanol–water partition coefficient (Wildman–Crippen LogP) is 4.29. The zero-order valence-electron chi connectivity index (χ0n) is 14.0. The van der Waals surface area contributed by atoms with Gasteiger partial charge in [0.15, 0.2) is 11.9 Å². The quantitative estimate of drug-likeness (QED) is 0.503. The van der Waals surface area contributed by atoms with Gasteiger partial charge in [-0.05, 0) is 55.0 Å².